The van der Waals surface area contributed by atoms with Crippen molar-refractivity contribution in [3.05, 3.63) is 22.9 Å². The molecule has 0 bridgehead atoms. The predicted molar refractivity (Wildman–Crippen MR) is 116 cm³/mol. The minimum atomic E-state index is -0.0550. The van der Waals surface area contributed by atoms with Gasteiger partial charge in [-0.05, 0) is 31.3 Å². The molecule has 0 unspecified atom stereocenters. The van der Waals surface area contributed by atoms with Crippen molar-refractivity contribution in [3.8, 4) is 6.07 Å². The van der Waals surface area contributed by atoms with Crippen molar-refractivity contribution in [3.63, 3.8) is 0 Å². The third kappa shape index (κ3) is 6.70. The molecule has 2 nitrogen and oxygen atoms in total. The van der Waals surface area contributed by atoms with Crippen molar-refractivity contribution >= 4 is 0 Å². The lowest BCUT2D eigenvalue weighted by atomic mass is 9.74. The topological polar surface area (TPSA) is 49.8 Å². The zero-order valence-corrected chi connectivity index (χ0v) is 17.8. The second-order valence-electron chi connectivity index (χ2n) is 8.93. The fraction of sp³-hybridized carbons (Fsp3) is 0.800. The molecular formula is C25H42N2. The molecule has 0 atom stereocenters. The first-order chi connectivity index (χ1) is 13.2. The van der Waals surface area contributed by atoms with E-state index in [4.69, 9.17) is 5.73 Å². The van der Waals surface area contributed by atoms with Crippen LogP contribution in [0.15, 0.2) is 22.9 Å². The molecule has 2 rings (SSSR count). The number of rotatable bonds is 4. The lowest BCUT2D eigenvalue weighted by Crippen LogP contribution is -2.20. The van der Waals surface area contributed by atoms with Gasteiger partial charge in [0.1, 0.15) is 0 Å². The molecule has 152 valence electrons. The van der Waals surface area contributed by atoms with Gasteiger partial charge in [-0.25, -0.2) is 0 Å². The van der Waals surface area contributed by atoms with Crippen molar-refractivity contribution in [2.45, 2.75) is 122 Å². The first-order valence-electron chi connectivity index (χ1n) is 11.9. The van der Waals surface area contributed by atoms with E-state index in [9.17, 15) is 5.26 Å². The molecule has 0 aliphatic heterocycles. The molecule has 1 fully saturated rings. The van der Waals surface area contributed by atoms with Crippen LogP contribution in [-0.4, -0.2) is 0 Å². The quantitative estimate of drug-likeness (QED) is 0.515. The van der Waals surface area contributed by atoms with Crippen LogP contribution in [-0.2, 0) is 0 Å². The number of allylic oxidation sites excluding steroid dienone is 3. The maximum Gasteiger partial charge on any atom is 0.0978 e. The van der Waals surface area contributed by atoms with E-state index in [2.05, 4.69) is 19.1 Å². The van der Waals surface area contributed by atoms with Crippen LogP contribution < -0.4 is 5.73 Å². The second kappa shape index (κ2) is 12.3. The molecule has 0 amide bonds. The lowest BCUT2D eigenvalue weighted by molar-refractivity contribution is 0.363. The summed E-state index contributed by atoms with van der Waals surface area (Å²) < 4.78 is 0. The van der Waals surface area contributed by atoms with Crippen LogP contribution in [0.1, 0.15) is 122 Å². The summed E-state index contributed by atoms with van der Waals surface area (Å²) in [4.78, 5) is 0. The van der Waals surface area contributed by atoms with Crippen LogP contribution in [0.5, 0.6) is 0 Å². The maximum atomic E-state index is 9.93. The summed E-state index contributed by atoms with van der Waals surface area (Å²) in [5, 5.41) is 9.93. The Morgan fingerprint density at radius 1 is 0.852 bits per heavy atom. The van der Waals surface area contributed by atoms with E-state index < -0.39 is 0 Å². The van der Waals surface area contributed by atoms with Gasteiger partial charge in [-0.1, -0.05) is 103 Å². The summed E-state index contributed by atoms with van der Waals surface area (Å²) in [6, 6.07) is 2.54. The van der Waals surface area contributed by atoms with Crippen molar-refractivity contribution in [2.24, 2.45) is 11.1 Å². The van der Waals surface area contributed by atoms with Crippen LogP contribution in [0, 0.1) is 16.7 Å². The molecule has 0 radical (unpaired) electrons. The highest BCUT2D eigenvalue weighted by molar-refractivity contribution is 5.53. The minimum absolute atomic E-state index is 0.0550. The Morgan fingerprint density at radius 3 is 1.78 bits per heavy atom. The molecule has 0 saturated heterocycles. The highest BCUT2D eigenvalue weighted by atomic mass is 14.6. The molecule has 1 saturated carbocycles. The average molecular weight is 371 g/mol. The highest BCUT2D eigenvalue weighted by Crippen LogP contribution is 2.48. The molecule has 1 spiro atoms. The van der Waals surface area contributed by atoms with Gasteiger partial charge in [-0.3, -0.25) is 0 Å². The fourth-order valence-corrected chi connectivity index (χ4v) is 5.02. The molecule has 0 heterocycles. The molecule has 2 heteroatoms. The molecule has 2 aliphatic rings. The molecule has 0 aromatic carbocycles. The predicted octanol–water partition coefficient (Wildman–Crippen LogP) is 7.70. The van der Waals surface area contributed by atoms with Crippen molar-refractivity contribution in [1.29, 1.82) is 5.26 Å². The molecule has 2 aliphatic carbocycles. The van der Waals surface area contributed by atoms with E-state index in [1.54, 1.807) is 0 Å². The monoisotopic (exact) mass is 370 g/mol. The van der Waals surface area contributed by atoms with E-state index in [0.717, 1.165) is 30.5 Å². The van der Waals surface area contributed by atoms with Crippen LogP contribution in [0.4, 0.5) is 0 Å². The Balaban J connectivity index is 2.10. The Bertz CT molecular complexity index is 519. The normalized spacial score (nSPS) is 22.7. The molecular weight excluding hydrogens is 328 g/mol. The van der Waals surface area contributed by atoms with Crippen LogP contribution in [0.3, 0.4) is 0 Å². The molecule has 0 aromatic rings. The highest BCUT2D eigenvalue weighted by Gasteiger charge is 2.38. The summed E-state index contributed by atoms with van der Waals surface area (Å²) in [5.74, 6) is 0. The van der Waals surface area contributed by atoms with Gasteiger partial charge in [0.15, 0.2) is 0 Å². The van der Waals surface area contributed by atoms with Gasteiger partial charge in [0.25, 0.3) is 0 Å². The summed E-state index contributed by atoms with van der Waals surface area (Å²) in [5.41, 5.74) is 9.44. The summed E-state index contributed by atoms with van der Waals surface area (Å²) in [6.07, 6.45) is 25.6. The van der Waals surface area contributed by atoms with Crippen LogP contribution in [0.2, 0.25) is 0 Å². The smallest absolute Gasteiger partial charge is 0.0978 e. The number of nitrogens with two attached hydrogens (primary N) is 1. The van der Waals surface area contributed by atoms with Gasteiger partial charge >= 0.3 is 0 Å². The zero-order chi connectivity index (χ0) is 19.4. The number of unbranched alkanes of at least 4 members (excludes halogenated alkanes) is 2. The first kappa shape index (κ1) is 22.1. The van der Waals surface area contributed by atoms with Crippen molar-refractivity contribution in [1.82, 2.24) is 0 Å². The summed E-state index contributed by atoms with van der Waals surface area (Å²) in [7, 11) is 0. The van der Waals surface area contributed by atoms with Gasteiger partial charge in [-0.15, -0.1) is 0 Å². The lowest BCUT2D eigenvalue weighted by Gasteiger charge is -2.28. The average Bonchev–Trinajstić information content (AvgIpc) is 2.92. The van der Waals surface area contributed by atoms with Gasteiger partial charge in [-0.2, -0.15) is 5.26 Å². The van der Waals surface area contributed by atoms with Crippen molar-refractivity contribution in [2.75, 3.05) is 0 Å². The van der Waals surface area contributed by atoms with E-state index in [1.165, 1.54) is 102 Å². The van der Waals surface area contributed by atoms with Gasteiger partial charge < -0.3 is 5.73 Å². The molecule has 2 N–H and O–H groups in total. The maximum absolute atomic E-state index is 9.93. The molecule has 27 heavy (non-hydrogen) atoms. The number of nitriles is 1. The number of nitrogens with zero attached hydrogens (tertiary/aromatic N) is 1. The Hall–Kier alpha value is -1.23. The molecule has 0 aromatic heterocycles. The zero-order valence-electron chi connectivity index (χ0n) is 17.8. The Labute approximate surface area is 168 Å². The Morgan fingerprint density at radius 2 is 1.33 bits per heavy atom. The van der Waals surface area contributed by atoms with Gasteiger partial charge in [0, 0.05) is 11.1 Å². The second-order valence-corrected chi connectivity index (χ2v) is 8.93. The number of hydrogen-bond acceptors (Lipinski definition) is 2. The van der Waals surface area contributed by atoms with Crippen LogP contribution >= 0.6 is 0 Å². The van der Waals surface area contributed by atoms with E-state index in [1.807, 2.05) is 0 Å². The third-order valence-electron chi connectivity index (χ3n) is 6.72. The van der Waals surface area contributed by atoms with E-state index >= 15 is 0 Å². The summed E-state index contributed by atoms with van der Waals surface area (Å²) >= 11 is 0. The number of hydrogen-bond donors (Lipinski definition) is 1. The largest absolute Gasteiger partial charge is 0.398 e. The standard InChI is InChI=1S/C25H42N2/c1-2-3-14-17-22-20-25(23(21-26)24(22)27)18-15-12-10-8-6-4-5-7-9-11-13-16-19-25/h20H,2-19,27H2,1H3. The van der Waals surface area contributed by atoms with Crippen LogP contribution in [0.25, 0.3) is 0 Å². The van der Waals surface area contributed by atoms with Crippen molar-refractivity contribution < 1.29 is 0 Å². The first-order valence-corrected chi connectivity index (χ1v) is 11.9. The van der Waals surface area contributed by atoms with E-state index in [-0.39, 0.29) is 5.41 Å². The van der Waals surface area contributed by atoms with E-state index in [0.29, 0.717) is 0 Å². The SMILES string of the molecule is CCCCCC1=CC2(CCCCCCCCCCCCCC2)C(C#N)=C1N. The van der Waals surface area contributed by atoms with Gasteiger partial charge in [0.2, 0.25) is 0 Å². The fourth-order valence-electron chi connectivity index (χ4n) is 5.02. The third-order valence-corrected chi connectivity index (χ3v) is 6.72. The van der Waals surface area contributed by atoms with Gasteiger partial charge in [0.05, 0.1) is 11.6 Å². The minimum Gasteiger partial charge on any atom is -0.398 e. The Kier molecular flexibility index (Phi) is 10.0. The summed E-state index contributed by atoms with van der Waals surface area (Å²) in [6.45, 7) is 2.24.